The van der Waals surface area contributed by atoms with Gasteiger partial charge in [0.25, 0.3) is 0 Å². The molecule has 2 amide bonds. The molecule has 3 aromatic rings. The molecular weight excluding hydrogens is 429 g/mol. The first-order valence-electron chi connectivity index (χ1n) is 9.37. The molecule has 1 aromatic heterocycles. The van der Waals surface area contributed by atoms with Crippen LogP contribution in [0, 0.1) is 17.5 Å². The molecule has 166 valence electrons. The van der Waals surface area contributed by atoms with Gasteiger partial charge in [0.2, 0.25) is 11.8 Å². The zero-order valence-electron chi connectivity index (χ0n) is 16.9. The van der Waals surface area contributed by atoms with Gasteiger partial charge in [0.15, 0.2) is 29.0 Å². The van der Waals surface area contributed by atoms with Crippen molar-refractivity contribution in [2.75, 3.05) is 24.9 Å². The molecule has 0 bridgehead atoms. The molecule has 0 unspecified atom stereocenters. The maximum absolute atomic E-state index is 13.5. The number of benzene rings is 2. The van der Waals surface area contributed by atoms with Crippen molar-refractivity contribution in [1.82, 2.24) is 9.78 Å². The summed E-state index contributed by atoms with van der Waals surface area (Å²) in [4.78, 5) is 25.1. The van der Waals surface area contributed by atoms with Gasteiger partial charge in [-0.05, 0) is 17.7 Å². The summed E-state index contributed by atoms with van der Waals surface area (Å²) >= 11 is 0. The van der Waals surface area contributed by atoms with Crippen LogP contribution in [-0.4, -0.2) is 35.8 Å². The van der Waals surface area contributed by atoms with Crippen LogP contribution in [0.5, 0.6) is 11.5 Å². The number of carbonyl (C=O) groups excluding carboxylic acids is 2. The zero-order valence-corrected chi connectivity index (χ0v) is 16.9. The molecule has 0 radical (unpaired) electrons. The number of aromatic nitrogens is 2. The molecule has 11 heteroatoms. The number of hydrogen-bond donors (Lipinski definition) is 2. The van der Waals surface area contributed by atoms with Crippen molar-refractivity contribution < 1.29 is 32.2 Å². The number of methoxy groups -OCH3 is 2. The normalized spacial score (nSPS) is 15.0. The van der Waals surface area contributed by atoms with E-state index in [9.17, 15) is 22.8 Å². The van der Waals surface area contributed by atoms with E-state index in [0.717, 1.165) is 0 Å². The summed E-state index contributed by atoms with van der Waals surface area (Å²) in [6.45, 7) is 0. The minimum Gasteiger partial charge on any atom is -0.493 e. The molecule has 1 aliphatic heterocycles. The summed E-state index contributed by atoms with van der Waals surface area (Å²) in [5.74, 6) is -4.49. The number of halogens is 3. The summed E-state index contributed by atoms with van der Waals surface area (Å²) in [5, 5.41) is 9.21. The highest BCUT2D eigenvalue weighted by Crippen LogP contribution is 2.38. The lowest BCUT2D eigenvalue weighted by Crippen LogP contribution is -2.35. The Morgan fingerprint density at radius 1 is 1.12 bits per heavy atom. The van der Waals surface area contributed by atoms with Crippen molar-refractivity contribution in [2.45, 2.75) is 12.5 Å². The molecule has 4 rings (SSSR count). The van der Waals surface area contributed by atoms with Crippen molar-refractivity contribution in [3.8, 4) is 22.6 Å². The summed E-state index contributed by atoms with van der Waals surface area (Å²) in [6, 6.07) is 5.32. The van der Waals surface area contributed by atoms with Crippen LogP contribution in [0.1, 0.15) is 12.5 Å². The number of hydrogen-bond acceptors (Lipinski definition) is 5. The molecule has 2 N–H and O–H groups in total. The molecule has 1 aliphatic rings. The van der Waals surface area contributed by atoms with Gasteiger partial charge in [-0.1, -0.05) is 6.07 Å². The third kappa shape index (κ3) is 3.72. The first-order valence-corrected chi connectivity index (χ1v) is 9.37. The highest BCUT2D eigenvalue weighted by molar-refractivity contribution is 6.03. The fourth-order valence-electron chi connectivity index (χ4n) is 3.44. The Bertz CT molecular complexity index is 1200. The maximum atomic E-state index is 13.5. The fraction of sp³-hybridized carbons (Fsp3) is 0.190. The summed E-state index contributed by atoms with van der Waals surface area (Å²) in [5.41, 5.74) is 0.884. The zero-order chi connectivity index (χ0) is 23.0. The van der Waals surface area contributed by atoms with Gasteiger partial charge in [-0.3, -0.25) is 9.59 Å². The van der Waals surface area contributed by atoms with Crippen molar-refractivity contribution in [3.05, 3.63) is 54.0 Å². The first-order chi connectivity index (χ1) is 15.3. The standard InChI is InChI=1S/C21H17F3N4O4/c1-31-16-4-3-10(5-17(16)32-2)12-9-25-28-15(8-18(29)27-20(12)28)21(30)26-11-6-13(22)19(24)14(23)7-11/h3-7,9,15H,8H2,1-2H3,(H,26,30)(H,27,29)/t15-/m0/s1. The van der Waals surface area contributed by atoms with Crippen LogP contribution < -0.4 is 20.1 Å². The molecule has 0 spiro atoms. The Morgan fingerprint density at radius 2 is 1.81 bits per heavy atom. The van der Waals surface area contributed by atoms with E-state index in [4.69, 9.17) is 9.47 Å². The van der Waals surface area contributed by atoms with Crippen molar-refractivity contribution in [3.63, 3.8) is 0 Å². The van der Waals surface area contributed by atoms with Gasteiger partial charge in [0.1, 0.15) is 11.9 Å². The Balaban J connectivity index is 1.67. The molecule has 8 nitrogen and oxygen atoms in total. The third-order valence-electron chi connectivity index (χ3n) is 4.98. The Hall–Kier alpha value is -4.02. The number of carbonyl (C=O) groups is 2. The van der Waals surface area contributed by atoms with Crippen LogP contribution in [-0.2, 0) is 9.59 Å². The van der Waals surface area contributed by atoms with Gasteiger partial charge in [0, 0.05) is 23.4 Å². The molecule has 0 saturated carbocycles. The maximum Gasteiger partial charge on any atom is 0.249 e. The lowest BCUT2D eigenvalue weighted by atomic mass is 10.1. The van der Waals surface area contributed by atoms with Crippen LogP contribution in [0.2, 0.25) is 0 Å². The Morgan fingerprint density at radius 3 is 2.47 bits per heavy atom. The number of fused-ring (bicyclic) bond motifs is 1. The number of rotatable bonds is 5. The number of anilines is 2. The topological polar surface area (TPSA) is 94.5 Å². The van der Waals surface area contributed by atoms with Crippen molar-refractivity contribution in [1.29, 1.82) is 0 Å². The summed E-state index contributed by atoms with van der Waals surface area (Å²) in [6.07, 6.45) is 1.22. The van der Waals surface area contributed by atoms with E-state index in [1.54, 1.807) is 18.2 Å². The molecule has 0 aliphatic carbocycles. The second-order valence-corrected chi connectivity index (χ2v) is 6.93. The molecule has 0 saturated heterocycles. The van der Waals surface area contributed by atoms with Gasteiger partial charge >= 0.3 is 0 Å². The smallest absolute Gasteiger partial charge is 0.249 e. The van der Waals surface area contributed by atoms with Gasteiger partial charge in [-0.2, -0.15) is 5.10 Å². The quantitative estimate of drug-likeness (QED) is 0.585. The molecule has 1 atom stereocenters. The SMILES string of the molecule is COc1ccc(-c2cnn3c2NC(=O)C[C@H]3C(=O)Nc2cc(F)c(F)c(F)c2)cc1OC. The van der Waals surface area contributed by atoms with Crippen LogP contribution in [0.3, 0.4) is 0 Å². The highest BCUT2D eigenvalue weighted by Gasteiger charge is 2.33. The number of amides is 2. The second-order valence-electron chi connectivity index (χ2n) is 6.93. The van der Waals surface area contributed by atoms with E-state index >= 15 is 0 Å². The van der Waals surface area contributed by atoms with Crippen LogP contribution in [0.4, 0.5) is 24.7 Å². The van der Waals surface area contributed by atoms with E-state index in [1.807, 2.05) is 0 Å². The van der Waals surface area contributed by atoms with Crippen LogP contribution >= 0.6 is 0 Å². The molecule has 32 heavy (non-hydrogen) atoms. The summed E-state index contributed by atoms with van der Waals surface area (Å²) in [7, 11) is 2.99. The second kappa shape index (κ2) is 8.25. The first kappa shape index (κ1) is 21.2. The fourth-order valence-corrected chi connectivity index (χ4v) is 3.44. The van der Waals surface area contributed by atoms with Crippen molar-refractivity contribution >= 4 is 23.3 Å². The third-order valence-corrected chi connectivity index (χ3v) is 4.98. The number of nitrogens with zero attached hydrogens (tertiary/aromatic N) is 2. The Labute approximate surface area is 179 Å². The van der Waals surface area contributed by atoms with E-state index in [0.29, 0.717) is 34.8 Å². The predicted molar refractivity (Wildman–Crippen MR) is 108 cm³/mol. The van der Waals surface area contributed by atoms with Crippen LogP contribution in [0.15, 0.2) is 36.5 Å². The molecule has 0 fully saturated rings. The largest absolute Gasteiger partial charge is 0.493 e. The van der Waals surface area contributed by atoms with E-state index < -0.39 is 35.3 Å². The van der Waals surface area contributed by atoms with E-state index in [2.05, 4.69) is 15.7 Å². The number of ether oxygens (including phenoxy) is 2. The predicted octanol–water partition coefficient (Wildman–Crippen LogP) is 3.51. The van der Waals surface area contributed by atoms with Gasteiger partial charge in [0.05, 0.1) is 26.8 Å². The number of nitrogens with one attached hydrogen (secondary N) is 2. The minimum atomic E-state index is -1.64. The molecule has 2 aromatic carbocycles. The minimum absolute atomic E-state index is 0.252. The lowest BCUT2D eigenvalue weighted by molar-refractivity contribution is -0.125. The van der Waals surface area contributed by atoms with Crippen molar-refractivity contribution in [2.24, 2.45) is 0 Å². The highest BCUT2D eigenvalue weighted by atomic mass is 19.2. The van der Waals surface area contributed by atoms with E-state index in [1.165, 1.54) is 25.1 Å². The van der Waals surface area contributed by atoms with E-state index in [-0.39, 0.29) is 17.9 Å². The van der Waals surface area contributed by atoms with Gasteiger partial charge in [-0.15, -0.1) is 0 Å². The Kier molecular flexibility index (Phi) is 5.47. The van der Waals surface area contributed by atoms with Gasteiger partial charge in [-0.25, -0.2) is 17.9 Å². The average molecular weight is 446 g/mol. The molecule has 2 heterocycles. The van der Waals surface area contributed by atoms with Gasteiger partial charge < -0.3 is 20.1 Å². The van der Waals surface area contributed by atoms with Crippen LogP contribution in [0.25, 0.3) is 11.1 Å². The monoisotopic (exact) mass is 446 g/mol. The average Bonchev–Trinajstić information content (AvgIpc) is 3.19. The summed E-state index contributed by atoms with van der Waals surface area (Å²) < 4.78 is 51.9. The molecular formula is C21H17F3N4O4. The lowest BCUT2D eigenvalue weighted by Gasteiger charge is -2.24.